The first kappa shape index (κ1) is 6.58. The van der Waals surface area contributed by atoms with Crippen LogP contribution in [0.15, 0.2) is 24.3 Å². The lowest BCUT2D eigenvalue weighted by Gasteiger charge is -2.20. The van der Waals surface area contributed by atoms with Crippen LogP contribution in [-0.2, 0) is 4.79 Å². The number of ketones is 1. The van der Waals surface area contributed by atoms with Crippen LogP contribution in [0.2, 0.25) is 0 Å². The first-order chi connectivity index (χ1) is 6.36. The zero-order valence-electron chi connectivity index (χ0n) is 7.39. The maximum absolute atomic E-state index is 12.0. The van der Waals surface area contributed by atoms with E-state index in [0.717, 1.165) is 5.92 Å². The van der Waals surface area contributed by atoms with Crippen molar-refractivity contribution in [1.29, 1.82) is 0 Å². The summed E-state index contributed by atoms with van der Waals surface area (Å²) in [5.41, 5.74) is 0. The van der Waals surface area contributed by atoms with E-state index in [1.54, 1.807) is 0 Å². The van der Waals surface area contributed by atoms with E-state index in [-0.39, 0.29) is 5.92 Å². The zero-order chi connectivity index (χ0) is 8.58. The summed E-state index contributed by atoms with van der Waals surface area (Å²) in [5.74, 6) is 3.82. The molecule has 0 aromatic carbocycles. The first-order valence-corrected chi connectivity index (χ1v) is 5.26. The normalized spacial score (nSPS) is 59.5. The van der Waals surface area contributed by atoms with Gasteiger partial charge in [0.15, 0.2) is 0 Å². The summed E-state index contributed by atoms with van der Waals surface area (Å²) in [5, 5.41) is 0. The van der Waals surface area contributed by atoms with Crippen LogP contribution in [0, 0.1) is 35.5 Å². The van der Waals surface area contributed by atoms with Crippen molar-refractivity contribution >= 4 is 5.78 Å². The Labute approximate surface area is 77.5 Å². The van der Waals surface area contributed by atoms with E-state index in [1.165, 1.54) is 6.42 Å². The van der Waals surface area contributed by atoms with Crippen LogP contribution in [0.3, 0.4) is 0 Å². The molecule has 0 radical (unpaired) electrons. The van der Waals surface area contributed by atoms with E-state index in [2.05, 4.69) is 24.3 Å². The molecular formula is C12H12O. The fourth-order valence-corrected chi connectivity index (χ4v) is 3.77. The van der Waals surface area contributed by atoms with Gasteiger partial charge in [-0.05, 0) is 30.1 Å². The Hall–Kier alpha value is -0.850. The van der Waals surface area contributed by atoms with Gasteiger partial charge < -0.3 is 0 Å². The molecule has 0 amide bonds. The molecule has 4 bridgehead atoms. The second kappa shape index (κ2) is 1.82. The molecule has 0 spiro atoms. The molecule has 4 aliphatic carbocycles. The minimum absolute atomic E-state index is 0.245. The average molecular weight is 172 g/mol. The summed E-state index contributed by atoms with van der Waals surface area (Å²) in [4.78, 5) is 12.0. The third-order valence-corrected chi connectivity index (χ3v) is 4.44. The number of Topliss-reactive ketones (excluding diaryl/α,β-unsaturated/α-hetero) is 1. The minimum atomic E-state index is 0.245. The Morgan fingerprint density at radius 2 is 1.92 bits per heavy atom. The topological polar surface area (TPSA) is 17.1 Å². The lowest BCUT2D eigenvalue weighted by molar-refractivity contribution is -0.124. The van der Waals surface area contributed by atoms with Gasteiger partial charge in [0.05, 0.1) is 0 Å². The Kier molecular flexibility index (Phi) is 0.919. The predicted molar refractivity (Wildman–Crippen MR) is 48.8 cm³/mol. The van der Waals surface area contributed by atoms with Gasteiger partial charge in [-0.1, -0.05) is 24.3 Å². The summed E-state index contributed by atoms with van der Waals surface area (Å²) in [6.07, 6.45) is 10.4. The van der Waals surface area contributed by atoms with E-state index < -0.39 is 0 Å². The molecule has 6 unspecified atom stereocenters. The van der Waals surface area contributed by atoms with Gasteiger partial charge in [0, 0.05) is 11.8 Å². The SMILES string of the molecule is O=C1C2C=CC3C1C3C1C=CC2C1. The van der Waals surface area contributed by atoms with Crippen LogP contribution in [0.1, 0.15) is 6.42 Å². The minimum Gasteiger partial charge on any atom is -0.299 e. The largest absolute Gasteiger partial charge is 0.299 e. The smallest absolute Gasteiger partial charge is 0.144 e. The second-order valence-corrected chi connectivity index (χ2v) is 4.94. The highest BCUT2D eigenvalue weighted by molar-refractivity contribution is 5.91. The molecule has 66 valence electrons. The Morgan fingerprint density at radius 1 is 1.08 bits per heavy atom. The summed E-state index contributed by atoms with van der Waals surface area (Å²) in [6.45, 7) is 0. The molecule has 1 heteroatoms. The number of hydrogen-bond acceptors (Lipinski definition) is 1. The van der Waals surface area contributed by atoms with Crippen molar-refractivity contribution in [2.24, 2.45) is 35.5 Å². The number of hydrogen-bond donors (Lipinski definition) is 0. The van der Waals surface area contributed by atoms with Gasteiger partial charge in [-0.25, -0.2) is 0 Å². The quantitative estimate of drug-likeness (QED) is 0.509. The zero-order valence-corrected chi connectivity index (χ0v) is 7.39. The molecule has 0 aliphatic heterocycles. The lowest BCUT2D eigenvalue weighted by atomic mass is 9.83. The van der Waals surface area contributed by atoms with E-state index >= 15 is 0 Å². The average Bonchev–Trinajstić information content (AvgIpc) is 2.66. The Balaban J connectivity index is 1.93. The highest BCUT2D eigenvalue weighted by atomic mass is 16.1. The van der Waals surface area contributed by atoms with Crippen molar-refractivity contribution in [3.05, 3.63) is 24.3 Å². The summed E-state index contributed by atoms with van der Waals surface area (Å²) in [7, 11) is 0. The van der Waals surface area contributed by atoms with Gasteiger partial charge in [-0.15, -0.1) is 0 Å². The maximum Gasteiger partial charge on any atom is 0.144 e. The molecule has 13 heavy (non-hydrogen) atoms. The summed E-state index contributed by atoms with van der Waals surface area (Å²) < 4.78 is 0. The number of allylic oxidation sites excluding steroid dienone is 4. The molecule has 0 heterocycles. The Bertz CT molecular complexity index is 352. The fraction of sp³-hybridized carbons (Fsp3) is 0.583. The summed E-state index contributed by atoms with van der Waals surface area (Å²) >= 11 is 0. The van der Waals surface area contributed by atoms with Crippen LogP contribution < -0.4 is 0 Å². The lowest BCUT2D eigenvalue weighted by Crippen LogP contribution is -2.23. The molecule has 0 N–H and O–H groups in total. The number of carbonyl (C=O) groups excluding carboxylic acids is 1. The molecule has 0 saturated heterocycles. The monoisotopic (exact) mass is 172 g/mol. The van der Waals surface area contributed by atoms with Gasteiger partial charge in [-0.3, -0.25) is 4.79 Å². The highest BCUT2D eigenvalue weighted by Crippen LogP contribution is 2.62. The number of rotatable bonds is 0. The van der Waals surface area contributed by atoms with E-state index in [0.29, 0.717) is 29.5 Å². The van der Waals surface area contributed by atoms with Crippen molar-refractivity contribution in [3.63, 3.8) is 0 Å². The van der Waals surface area contributed by atoms with Crippen LogP contribution in [0.5, 0.6) is 0 Å². The molecule has 6 atom stereocenters. The fourth-order valence-electron chi connectivity index (χ4n) is 3.77. The molecule has 0 aromatic heterocycles. The van der Waals surface area contributed by atoms with Crippen molar-refractivity contribution < 1.29 is 4.79 Å². The third-order valence-electron chi connectivity index (χ3n) is 4.44. The van der Waals surface area contributed by atoms with Crippen molar-refractivity contribution in [2.75, 3.05) is 0 Å². The molecule has 2 saturated carbocycles. The number of carbonyl (C=O) groups is 1. The van der Waals surface area contributed by atoms with Crippen molar-refractivity contribution in [1.82, 2.24) is 0 Å². The molecule has 4 rings (SSSR count). The summed E-state index contributed by atoms with van der Waals surface area (Å²) in [6, 6.07) is 0. The molecular weight excluding hydrogens is 160 g/mol. The van der Waals surface area contributed by atoms with Gasteiger partial charge in [-0.2, -0.15) is 0 Å². The molecule has 0 aromatic rings. The molecule has 2 fully saturated rings. The van der Waals surface area contributed by atoms with Crippen LogP contribution >= 0.6 is 0 Å². The van der Waals surface area contributed by atoms with E-state index in [4.69, 9.17) is 0 Å². The van der Waals surface area contributed by atoms with Gasteiger partial charge in [0.1, 0.15) is 5.78 Å². The standard InChI is InChI=1S/C12H12O/c13-12-8-3-4-9-10(11(9)12)7-2-1-6(8)5-7/h1-4,6-11H,5H2. The molecule has 4 aliphatic rings. The van der Waals surface area contributed by atoms with Crippen LogP contribution in [0.4, 0.5) is 0 Å². The third kappa shape index (κ3) is 0.609. The second-order valence-electron chi connectivity index (χ2n) is 4.94. The van der Waals surface area contributed by atoms with Crippen LogP contribution in [-0.4, -0.2) is 5.78 Å². The van der Waals surface area contributed by atoms with Gasteiger partial charge in [0.2, 0.25) is 0 Å². The van der Waals surface area contributed by atoms with E-state index in [1.807, 2.05) is 0 Å². The van der Waals surface area contributed by atoms with E-state index in [9.17, 15) is 4.79 Å². The maximum atomic E-state index is 12.0. The van der Waals surface area contributed by atoms with Crippen LogP contribution in [0.25, 0.3) is 0 Å². The Morgan fingerprint density at radius 3 is 2.85 bits per heavy atom. The highest BCUT2D eigenvalue weighted by Gasteiger charge is 2.62. The number of fused-ring (bicyclic) bond motifs is 6. The van der Waals surface area contributed by atoms with Gasteiger partial charge in [0.25, 0.3) is 0 Å². The van der Waals surface area contributed by atoms with Crippen molar-refractivity contribution in [3.8, 4) is 0 Å². The van der Waals surface area contributed by atoms with Crippen molar-refractivity contribution in [2.45, 2.75) is 6.42 Å². The van der Waals surface area contributed by atoms with Gasteiger partial charge >= 0.3 is 0 Å². The first-order valence-electron chi connectivity index (χ1n) is 5.26. The molecule has 1 nitrogen and oxygen atoms in total. The predicted octanol–water partition coefficient (Wildman–Crippen LogP) is 1.81.